The van der Waals surface area contributed by atoms with Gasteiger partial charge in [-0.05, 0) is 32.8 Å². The number of thiophene rings is 1. The number of H-pyrrole nitrogens is 1. The van der Waals surface area contributed by atoms with E-state index in [0.717, 1.165) is 21.7 Å². The molecule has 0 aromatic carbocycles. The molecule has 2 atom stereocenters. The molecule has 1 aliphatic rings. The minimum absolute atomic E-state index is 0.0550. The summed E-state index contributed by atoms with van der Waals surface area (Å²) in [5.41, 5.74) is 0.854. The minimum atomic E-state index is -0.381. The molecule has 7 heteroatoms. The standard InChI is InChI=1S/C17H23N3O3S/c1-9-11(3)24-17-15(9)16(23)18-13(19-17)4-5-14(22)20-7-6-12(8-20)10(2)21/h10,12,21H,4-8H2,1-3H3,(H,18,19,23). The summed E-state index contributed by atoms with van der Waals surface area (Å²) in [4.78, 5) is 35.5. The molecule has 1 amide bonds. The zero-order chi connectivity index (χ0) is 17.4. The van der Waals surface area contributed by atoms with E-state index in [-0.39, 0.29) is 23.5 Å². The number of aromatic nitrogens is 2. The fourth-order valence-corrected chi connectivity index (χ4v) is 4.26. The largest absolute Gasteiger partial charge is 0.393 e. The van der Waals surface area contributed by atoms with Crippen molar-refractivity contribution in [2.75, 3.05) is 13.1 Å². The van der Waals surface area contributed by atoms with E-state index in [2.05, 4.69) is 9.97 Å². The Morgan fingerprint density at radius 1 is 1.50 bits per heavy atom. The number of fused-ring (bicyclic) bond motifs is 1. The number of aryl methyl sites for hydroxylation is 3. The first kappa shape index (κ1) is 17.1. The van der Waals surface area contributed by atoms with Crippen LogP contribution in [0.2, 0.25) is 0 Å². The number of aliphatic hydroxyl groups excluding tert-OH is 1. The predicted molar refractivity (Wildman–Crippen MR) is 94.4 cm³/mol. The third-order valence-corrected chi connectivity index (χ3v) is 6.02. The molecule has 2 aromatic heterocycles. The summed E-state index contributed by atoms with van der Waals surface area (Å²) in [6, 6.07) is 0. The van der Waals surface area contributed by atoms with Gasteiger partial charge in [-0.15, -0.1) is 11.3 Å². The fourth-order valence-electron chi connectivity index (χ4n) is 3.21. The van der Waals surface area contributed by atoms with E-state index >= 15 is 0 Å². The lowest BCUT2D eigenvalue weighted by Crippen LogP contribution is -2.30. The summed E-state index contributed by atoms with van der Waals surface area (Å²) in [5.74, 6) is 0.785. The first-order valence-electron chi connectivity index (χ1n) is 8.31. The summed E-state index contributed by atoms with van der Waals surface area (Å²) in [6.07, 6.45) is 1.21. The number of amides is 1. The third-order valence-electron chi connectivity index (χ3n) is 4.92. The van der Waals surface area contributed by atoms with Crippen LogP contribution in [0.5, 0.6) is 0 Å². The molecule has 0 bridgehead atoms. The van der Waals surface area contributed by atoms with Crippen molar-refractivity contribution < 1.29 is 9.90 Å². The Bertz CT molecular complexity index is 824. The van der Waals surface area contributed by atoms with Crippen molar-refractivity contribution in [2.45, 2.75) is 46.1 Å². The summed E-state index contributed by atoms with van der Waals surface area (Å²) >= 11 is 1.52. The molecule has 2 aromatic rings. The molecule has 24 heavy (non-hydrogen) atoms. The maximum Gasteiger partial charge on any atom is 0.259 e. The van der Waals surface area contributed by atoms with Crippen LogP contribution in [0.25, 0.3) is 10.2 Å². The Kier molecular flexibility index (Phi) is 4.73. The van der Waals surface area contributed by atoms with Crippen LogP contribution >= 0.6 is 11.3 Å². The van der Waals surface area contributed by atoms with E-state index < -0.39 is 0 Å². The molecule has 6 nitrogen and oxygen atoms in total. The molecule has 2 N–H and O–H groups in total. The van der Waals surface area contributed by atoms with Crippen molar-refractivity contribution >= 4 is 27.5 Å². The topological polar surface area (TPSA) is 86.3 Å². The van der Waals surface area contributed by atoms with Gasteiger partial charge >= 0.3 is 0 Å². The van der Waals surface area contributed by atoms with Crippen LogP contribution in [0.4, 0.5) is 0 Å². The van der Waals surface area contributed by atoms with Gasteiger partial charge < -0.3 is 15.0 Å². The Morgan fingerprint density at radius 2 is 2.25 bits per heavy atom. The van der Waals surface area contributed by atoms with E-state index in [1.807, 2.05) is 13.8 Å². The molecule has 3 rings (SSSR count). The SMILES string of the molecule is Cc1sc2nc(CCC(=O)N3CCC(C(C)O)C3)[nH]c(=O)c2c1C. The normalized spacial score (nSPS) is 19.2. The average molecular weight is 349 g/mol. The molecule has 130 valence electrons. The second-order valence-corrected chi connectivity index (χ2v) is 7.81. The van der Waals surface area contributed by atoms with Gasteiger partial charge in [-0.1, -0.05) is 0 Å². The Labute approximate surface area is 144 Å². The summed E-state index contributed by atoms with van der Waals surface area (Å²) in [6.45, 7) is 6.99. The van der Waals surface area contributed by atoms with Crippen LogP contribution in [-0.4, -0.2) is 45.1 Å². The van der Waals surface area contributed by atoms with E-state index in [9.17, 15) is 14.7 Å². The van der Waals surface area contributed by atoms with Crippen molar-refractivity contribution in [1.29, 1.82) is 0 Å². The summed E-state index contributed by atoms with van der Waals surface area (Å²) < 4.78 is 0. The van der Waals surface area contributed by atoms with Crippen molar-refractivity contribution in [3.63, 3.8) is 0 Å². The maximum absolute atomic E-state index is 12.3. The molecule has 1 aliphatic heterocycles. The monoisotopic (exact) mass is 349 g/mol. The lowest BCUT2D eigenvalue weighted by atomic mass is 10.0. The first-order chi connectivity index (χ1) is 11.4. The number of likely N-dealkylation sites (tertiary alicyclic amines) is 1. The third kappa shape index (κ3) is 3.23. The highest BCUT2D eigenvalue weighted by molar-refractivity contribution is 7.18. The molecule has 0 saturated carbocycles. The Balaban J connectivity index is 1.68. The average Bonchev–Trinajstić information content (AvgIpc) is 3.11. The lowest BCUT2D eigenvalue weighted by molar-refractivity contribution is -0.130. The highest BCUT2D eigenvalue weighted by Crippen LogP contribution is 2.26. The van der Waals surface area contributed by atoms with Gasteiger partial charge in [0.05, 0.1) is 11.5 Å². The highest BCUT2D eigenvalue weighted by Gasteiger charge is 2.28. The molecule has 0 spiro atoms. The van der Waals surface area contributed by atoms with Crippen molar-refractivity contribution in [3.05, 3.63) is 26.6 Å². The maximum atomic E-state index is 12.3. The number of nitrogens with one attached hydrogen (secondary N) is 1. The van der Waals surface area contributed by atoms with Gasteiger partial charge in [-0.25, -0.2) is 4.98 Å². The number of hydrogen-bond donors (Lipinski definition) is 2. The number of rotatable bonds is 4. The van der Waals surface area contributed by atoms with E-state index in [0.29, 0.717) is 37.1 Å². The van der Waals surface area contributed by atoms with E-state index in [1.54, 1.807) is 11.8 Å². The van der Waals surface area contributed by atoms with Crippen molar-refractivity contribution in [2.24, 2.45) is 5.92 Å². The number of carbonyl (C=O) groups excluding carboxylic acids is 1. The number of carbonyl (C=O) groups is 1. The number of aromatic amines is 1. The van der Waals surface area contributed by atoms with Gasteiger partial charge in [-0.2, -0.15) is 0 Å². The molecule has 2 unspecified atom stereocenters. The Morgan fingerprint density at radius 3 is 2.92 bits per heavy atom. The van der Waals surface area contributed by atoms with Crippen LogP contribution in [0.3, 0.4) is 0 Å². The number of aliphatic hydroxyl groups is 1. The zero-order valence-electron chi connectivity index (χ0n) is 14.3. The van der Waals surface area contributed by atoms with E-state index in [1.165, 1.54) is 11.3 Å². The lowest BCUT2D eigenvalue weighted by Gasteiger charge is -2.17. The second-order valence-electron chi connectivity index (χ2n) is 6.61. The first-order valence-corrected chi connectivity index (χ1v) is 9.13. The van der Waals surface area contributed by atoms with Gasteiger partial charge in [0.15, 0.2) is 0 Å². The summed E-state index contributed by atoms with van der Waals surface area (Å²) in [5, 5.41) is 10.3. The van der Waals surface area contributed by atoms with Gasteiger partial charge in [0.1, 0.15) is 10.7 Å². The molecule has 3 heterocycles. The van der Waals surface area contributed by atoms with Crippen LogP contribution < -0.4 is 5.56 Å². The fraction of sp³-hybridized carbons (Fsp3) is 0.588. The minimum Gasteiger partial charge on any atom is -0.393 e. The quantitative estimate of drug-likeness (QED) is 0.881. The number of hydrogen-bond acceptors (Lipinski definition) is 5. The summed E-state index contributed by atoms with van der Waals surface area (Å²) in [7, 11) is 0. The van der Waals surface area contributed by atoms with Crippen LogP contribution in [-0.2, 0) is 11.2 Å². The smallest absolute Gasteiger partial charge is 0.259 e. The predicted octanol–water partition coefficient (Wildman–Crippen LogP) is 1.76. The van der Waals surface area contributed by atoms with Crippen LogP contribution in [0.15, 0.2) is 4.79 Å². The van der Waals surface area contributed by atoms with Crippen molar-refractivity contribution in [1.82, 2.24) is 14.9 Å². The highest BCUT2D eigenvalue weighted by atomic mass is 32.1. The van der Waals surface area contributed by atoms with Crippen LogP contribution in [0.1, 0.15) is 36.0 Å². The van der Waals surface area contributed by atoms with Gasteiger partial charge in [0, 0.05) is 36.7 Å². The van der Waals surface area contributed by atoms with Gasteiger partial charge in [-0.3, -0.25) is 9.59 Å². The number of nitrogens with zero attached hydrogens (tertiary/aromatic N) is 2. The molecular formula is C17H23N3O3S. The van der Waals surface area contributed by atoms with Gasteiger partial charge in [0.2, 0.25) is 5.91 Å². The molecular weight excluding hydrogens is 326 g/mol. The molecule has 0 radical (unpaired) electrons. The van der Waals surface area contributed by atoms with Gasteiger partial charge in [0.25, 0.3) is 5.56 Å². The van der Waals surface area contributed by atoms with E-state index in [4.69, 9.17) is 0 Å². The van der Waals surface area contributed by atoms with Crippen LogP contribution in [0, 0.1) is 19.8 Å². The zero-order valence-corrected chi connectivity index (χ0v) is 15.1. The molecule has 0 aliphatic carbocycles. The Hall–Kier alpha value is -1.73. The molecule has 1 fully saturated rings. The van der Waals surface area contributed by atoms with Crippen molar-refractivity contribution in [3.8, 4) is 0 Å². The second kappa shape index (κ2) is 6.64. The molecule has 1 saturated heterocycles.